The molecule has 9 nitrogen and oxygen atoms in total. The zero-order valence-electron chi connectivity index (χ0n) is 19.3. The molecule has 5 rings (SSSR count). The Labute approximate surface area is 212 Å². The van der Waals surface area contributed by atoms with E-state index in [1.165, 1.54) is 22.8 Å². The van der Waals surface area contributed by atoms with Crippen LogP contribution in [0.25, 0.3) is 17.1 Å². The Kier molecular flexibility index (Phi) is 7.59. The summed E-state index contributed by atoms with van der Waals surface area (Å²) < 4.78 is 12.8. The van der Waals surface area contributed by atoms with Gasteiger partial charge in [0.2, 0.25) is 0 Å². The molecular weight excluding hydrogens is 480 g/mol. The van der Waals surface area contributed by atoms with Crippen molar-refractivity contribution in [3.8, 4) is 5.75 Å². The molecule has 10 heteroatoms. The Balaban J connectivity index is 1.19. The lowest BCUT2D eigenvalue weighted by molar-refractivity contribution is -0.0566. The number of hydrogen-bond acceptors (Lipinski definition) is 9. The quantitative estimate of drug-likeness (QED) is 0.232. The lowest BCUT2D eigenvalue weighted by Gasteiger charge is -2.15. The van der Waals surface area contributed by atoms with Gasteiger partial charge in [-0.3, -0.25) is 0 Å². The summed E-state index contributed by atoms with van der Waals surface area (Å²) in [4.78, 5) is 8.66. The zero-order valence-corrected chi connectivity index (χ0v) is 20.1. The number of nitrogens with zero attached hydrogens (tertiary/aromatic N) is 4. The van der Waals surface area contributed by atoms with E-state index in [4.69, 9.17) is 9.47 Å². The van der Waals surface area contributed by atoms with E-state index >= 15 is 0 Å². The maximum absolute atomic E-state index is 10.3. The van der Waals surface area contributed by atoms with E-state index in [0.29, 0.717) is 23.4 Å². The van der Waals surface area contributed by atoms with E-state index in [1.54, 1.807) is 6.20 Å². The molecule has 4 atom stereocenters. The molecule has 4 unspecified atom stereocenters. The van der Waals surface area contributed by atoms with Crippen molar-refractivity contribution in [1.82, 2.24) is 19.7 Å². The molecule has 1 aliphatic heterocycles. The minimum atomic E-state index is -1.23. The van der Waals surface area contributed by atoms with Crippen LogP contribution in [0.15, 0.2) is 78.2 Å². The Morgan fingerprint density at radius 1 is 1.03 bits per heavy atom. The molecule has 1 aliphatic rings. The van der Waals surface area contributed by atoms with Crippen LogP contribution >= 0.6 is 11.8 Å². The molecule has 1 fully saturated rings. The van der Waals surface area contributed by atoms with Crippen LogP contribution in [-0.4, -0.2) is 65.7 Å². The van der Waals surface area contributed by atoms with Gasteiger partial charge in [-0.2, -0.15) is 5.10 Å². The highest BCUT2D eigenvalue weighted by Crippen LogP contribution is 2.32. The van der Waals surface area contributed by atoms with Crippen LogP contribution in [-0.2, 0) is 11.3 Å². The van der Waals surface area contributed by atoms with Crippen molar-refractivity contribution in [3.63, 3.8) is 0 Å². The normalized spacial score (nSPS) is 22.0. The summed E-state index contributed by atoms with van der Waals surface area (Å²) in [7, 11) is 0. The third-order valence-corrected chi connectivity index (χ3v) is 6.83. The second-order valence-electron chi connectivity index (χ2n) is 8.29. The van der Waals surface area contributed by atoms with E-state index in [-0.39, 0.29) is 0 Å². The third-order valence-electron chi connectivity index (χ3n) is 5.87. The van der Waals surface area contributed by atoms with Gasteiger partial charge in [-0.05, 0) is 23.3 Å². The number of thioether (sulfide) groups is 1. The van der Waals surface area contributed by atoms with Gasteiger partial charge in [0.1, 0.15) is 42.0 Å². The number of benzene rings is 2. The van der Waals surface area contributed by atoms with Crippen LogP contribution in [0.1, 0.15) is 17.4 Å². The topological polar surface area (TPSA) is 123 Å². The first kappa shape index (κ1) is 24.4. The number of rotatable bonds is 9. The van der Waals surface area contributed by atoms with Crippen molar-refractivity contribution in [2.24, 2.45) is 0 Å². The van der Waals surface area contributed by atoms with Gasteiger partial charge in [0.25, 0.3) is 0 Å². The summed E-state index contributed by atoms with van der Waals surface area (Å²) in [6, 6.07) is 18.0. The molecule has 0 radical (unpaired) electrons. The minimum absolute atomic E-state index is 0.403. The Hall–Kier alpha value is -3.28. The van der Waals surface area contributed by atoms with Crippen molar-refractivity contribution in [2.45, 2.75) is 36.2 Å². The number of hydrogen-bond donors (Lipinski definition) is 3. The van der Waals surface area contributed by atoms with Crippen molar-refractivity contribution in [2.75, 3.05) is 12.4 Å². The summed E-state index contributed by atoms with van der Waals surface area (Å²) in [5.41, 5.74) is 2.67. The average molecular weight is 507 g/mol. The molecule has 0 saturated carbocycles. The maximum atomic E-state index is 10.3. The van der Waals surface area contributed by atoms with E-state index in [2.05, 4.69) is 21.1 Å². The highest BCUT2D eigenvalue weighted by atomic mass is 32.2. The molecule has 2 aromatic heterocycles. The summed E-state index contributed by atoms with van der Waals surface area (Å²) in [5, 5.41) is 35.5. The Morgan fingerprint density at radius 3 is 2.58 bits per heavy atom. The molecule has 186 valence electrons. The predicted octanol–water partition coefficient (Wildman–Crippen LogP) is 2.82. The molecule has 0 bridgehead atoms. The van der Waals surface area contributed by atoms with E-state index in [0.717, 1.165) is 21.9 Å². The first-order valence-electron chi connectivity index (χ1n) is 11.5. The molecule has 4 aromatic rings. The van der Waals surface area contributed by atoms with Crippen LogP contribution in [0, 0.1) is 0 Å². The van der Waals surface area contributed by atoms with Crippen LogP contribution in [0.3, 0.4) is 0 Å². The predicted molar refractivity (Wildman–Crippen MR) is 135 cm³/mol. The third kappa shape index (κ3) is 5.28. The monoisotopic (exact) mass is 506 g/mol. The van der Waals surface area contributed by atoms with E-state index < -0.39 is 31.1 Å². The number of aliphatic hydroxyl groups excluding tert-OH is 3. The summed E-state index contributed by atoms with van der Waals surface area (Å²) in [6.45, 7) is 0.130. The summed E-state index contributed by atoms with van der Waals surface area (Å²) in [5.74, 6) is 1.50. The van der Waals surface area contributed by atoms with Gasteiger partial charge in [0, 0.05) is 5.75 Å². The zero-order chi connectivity index (χ0) is 24.9. The van der Waals surface area contributed by atoms with Crippen LogP contribution in [0.5, 0.6) is 5.75 Å². The first-order valence-corrected chi connectivity index (χ1v) is 12.5. The van der Waals surface area contributed by atoms with Crippen molar-refractivity contribution in [3.05, 3.63) is 84.3 Å². The van der Waals surface area contributed by atoms with Crippen molar-refractivity contribution in [1.29, 1.82) is 0 Å². The van der Waals surface area contributed by atoms with Gasteiger partial charge in [-0.1, -0.05) is 54.6 Å². The molecule has 0 aliphatic carbocycles. The van der Waals surface area contributed by atoms with Crippen molar-refractivity contribution >= 4 is 28.9 Å². The van der Waals surface area contributed by atoms with E-state index in [9.17, 15) is 15.3 Å². The SMILES string of the molecule is OCC1OC(n2ncc3c(SC/C=C/c4ccc(OCc5ccccc5)cc4)ncnc32)C(O)C1O. The lowest BCUT2D eigenvalue weighted by atomic mass is 10.1. The minimum Gasteiger partial charge on any atom is -0.489 e. The van der Waals surface area contributed by atoms with Crippen LogP contribution in [0.4, 0.5) is 0 Å². The smallest absolute Gasteiger partial charge is 0.181 e. The molecular formula is C26H26N4O5S. The lowest BCUT2D eigenvalue weighted by Crippen LogP contribution is -2.33. The second kappa shape index (κ2) is 11.2. The molecule has 0 amide bonds. The van der Waals surface area contributed by atoms with Gasteiger partial charge in [-0.25, -0.2) is 14.6 Å². The number of fused-ring (bicyclic) bond motifs is 1. The number of ether oxygens (including phenoxy) is 2. The molecule has 2 aromatic carbocycles. The first-order chi connectivity index (χ1) is 17.6. The van der Waals surface area contributed by atoms with Crippen LogP contribution < -0.4 is 4.74 Å². The van der Waals surface area contributed by atoms with Gasteiger partial charge in [-0.15, -0.1) is 11.8 Å². The largest absolute Gasteiger partial charge is 0.489 e. The molecule has 1 saturated heterocycles. The van der Waals surface area contributed by atoms with Gasteiger partial charge >= 0.3 is 0 Å². The summed E-state index contributed by atoms with van der Waals surface area (Å²) in [6.07, 6.45) is 2.88. The Bertz CT molecular complexity index is 1320. The van der Waals surface area contributed by atoms with Gasteiger partial charge in [0.15, 0.2) is 11.9 Å². The Morgan fingerprint density at radius 2 is 1.83 bits per heavy atom. The second-order valence-corrected chi connectivity index (χ2v) is 9.30. The van der Waals surface area contributed by atoms with Crippen LogP contribution in [0.2, 0.25) is 0 Å². The van der Waals surface area contributed by atoms with Crippen molar-refractivity contribution < 1.29 is 24.8 Å². The highest BCUT2D eigenvalue weighted by Gasteiger charge is 2.44. The van der Waals surface area contributed by atoms with E-state index in [1.807, 2.05) is 60.7 Å². The fourth-order valence-corrected chi connectivity index (χ4v) is 4.72. The molecule has 3 N–H and O–H groups in total. The number of aliphatic hydroxyl groups is 3. The van der Waals surface area contributed by atoms with Gasteiger partial charge in [0.05, 0.1) is 18.2 Å². The highest BCUT2D eigenvalue weighted by molar-refractivity contribution is 7.99. The molecule has 36 heavy (non-hydrogen) atoms. The fourth-order valence-electron chi connectivity index (χ4n) is 3.95. The molecule has 0 spiro atoms. The standard InChI is InChI=1S/C26H26N4O5S/c31-14-21-22(32)23(33)26(35-21)30-24-20(13-29-30)25(28-16-27-24)36-12-4-7-17-8-10-19(11-9-17)34-15-18-5-2-1-3-6-18/h1-11,13,16,21-23,26,31-33H,12,14-15H2/b7-4+. The maximum Gasteiger partial charge on any atom is 0.181 e. The van der Waals surface area contributed by atoms with Gasteiger partial charge < -0.3 is 24.8 Å². The molecule has 3 heterocycles. The average Bonchev–Trinajstić information content (AvgIpc) is 3.47. The fraction of sp³-hybridized carbons (Fsp3) is 0.269. The number of aromatic nitrogens is 4. The summed E-state index contributed by atoms with van der Waals surface area (Å²) >= 11 is 1.53.